The molecule has 0 aliphatic carbocycles. The fourth-order valence-corrected chi connectivity index (χ4v) is 4.06. The molecule has 0 fully saturated rings. The van der Waals surface area contributed by atoms with Gasteiger partial charge in [-0.25, -0.2) is 0 Å². The Balaban J connectivity index is 1.51. The van der Waals surface area contributed by atoms with Crippen LogP contribution < -0.4 is 15.4 Å². The first-order chi connectivity index (χ1) is 17.0. The van der Waals surface area contributed by atoms with Crippen LogP contribution in [0.25, 0.3) is 17.1 Å². The van der Waals surface area contributed by atoms with Crippen molar-refractivity contribution >= 4 is 35.0 Å². The number of benzene rings is 2. The molecule has 178 valence electrons. The number of amides is 2. The van der Waals surface area contributed by atoms with Crippen molar-refractivity contribution in [1.29, 1.82) is 0 Å². The molecule has 9 nitrogen and oxygen atoms in total. The van der Waals surface area contributed by atoms with Gasteiger partial charge in [0.1, 0.15) is 5.75 Å². The second-order valence-corrected chi connectivity index (χ2v) is 8.35. The molecular weight excluding hydrogens is 464 g/mol. The first-order valence-electron chi connectivity index (χ1n) is 10.9. The van der Waals surface area contributed by atoms with E-state index in [1.54, 1.807) is 36.7 Å². The fourth-order valence-electron chi connectivity index (χ4n) is 3.30. The highest BCUT2D eigenvalue weighted by Crippen LogP contribution is 2.28. The number of aromatic nitrogens is 4. The van der Waals surface area contributed by atoms with Crippen LogP contribution in [0.2, 0.25) is 0 Å². The second-order valence-electron chi connectivity index (χ2n) is 7.41. The van der Waals surface area contributed by atoms with Gasteiger partial charge in [0.05, 0.1) is 12.4 Å². The average Bonchev–Trinajstić information content (AvgIpc) is 3.29. The standard InChI is InChI=1S/C25H24N6O3S/c1-3-34-22-12-10-21(11-13-22)31-24(18-5-4-14-26-15-18)29-30-25(31)35-16-23(33)28-20-8-6-19(7-9-20)27-17(2)32/h4-15H,3,16H2,1-2H3,(H,27,32)(H,28,33). The zero-order valence-electron chi connectivity index (χ0n) is 19.3. The monoisotopic (exact) mass is 488 g/mol. The molecule has 2 aromatic carbocycles. The zero-order valence-corrected chi connectivity index (χ0v) is 20.1. The number of carbonyl (C=O) groups excluding carboxylic acids is 2. The van der Waals surface area contributed by atoms with Crippen molar-refractivity contribution < 1.29 is 14.3 Å². The predicted octanol–water partition coefficient (Wildman–Crippen LogP) is 4.42. The molecule has 4 rings (SSSR count). The van der Waals surface area contributed by atoms with Crippen LogP contribution in [0.15, 0.2) is 78.2 Å². The van der Waals surface area contributed by atoms with E-state index in [0.29, 0.717) is 29.0 Å². The van der Waals surface area contributed by atoms with Gasteiger partial charge in [-0.3, -0.25) is 19.1 Å². The van der Waals surface area contributed by atoms with Crippen molar-refractivity contribution in [2.24, 2.45) is 0 Å². The molecule has 4 aromatic rings. The minimum Gasteiger partial charge on any atom is -0.494 e. The summed E-state index contributed by atoms with van der Waals surface area (Å²) in [7, 11) is 0. The Hall–Kier alpha value is -4.18. The lowest BCUT2D eigenvalue weighted by Gasteiger charge is -2.11. The maximum Gasteiger partial charge on any atom is 0.234 e. The maximum atomic E-state index is 12.6. The summed E-state index contributed by atoms with van der Waals surface area (Å²) in [6.45, 7) is 3.96. The number of pyridine rings is 1. The number of carbonyl (C=O) groups is 2. The Kier molecular flexibility index (Phi) is 7.74. The molecule has 0 saturated heterocycles. The highest BCUT2D eigenvalue weighted by molar-refractivity contribution is 7.99. The molecule has 2 heterocycles. The summed E-state index contributed by atoms with van der Waals surface area (Å²) < 4.78 is 7.45. The van der Waals surface area contributed by atoms with E-state index in [-0.39, 0.29) is 17.6 Å². The molecule has 0 saturated carbocycles. The van der Waals surface area contributed by atoms with Crippen LogP contribution in [0.5, 0.6) is 5.75 Å². The van der Waals surface area contributed by atoms with E-state index in [1.807, 2.05) is 47.9 Å². The Morgan fingerprint density at radius 2 is 1.69 bits per heavy atom. The second kappa shape index (κ2) is 11.3. The molecule has 0 aliphatic rings. The third-order valence-corrected chi connectivity index (χ3v) is 5.71. The number of anilines is 2. The van der Waals surface area contributed by atoms with Crippen molar-refractivity contribution in [2.75, 3.05) is 23.0 Å². The average molecular weight is 489 g/mol. The van der Waals surface area contributed by atoms with Gasteiger partial charge < -0.3 is 15.4 Å². The Bertz CT molecular complexity index is 1290. The number of nitrogens with zero attached hydrogens (tertiary/aromatic N) is 4. The minimum atomic E-state index is -0.188. The van der Waals surface area contributed by atoms with Crippen LogP contribution >= 0.6 is 11.8 Å². The van der Waals surface area contributed by atoms with Crippen LogP contribution in [0.1, 0.15) is 13.8 Å². The van der Waals surface area contributed by atoms with Crippen molar-refractivity contribution in [3.63, 3.8) is 0 Å². The Morgan fingerprint density at radius 3 is 2.31 bits per heavy atom. The van der Waals surface area contributed by atoms with Crippen LogP contribution in [0.3, 0.4) is 0 Å². The summed E-state index contributed by atoms with van der Waals surface area (Å²) in [6, 6.07) is 18.3. The zero-order chi connectivity index (χ0) is 24.6. The van der Waals surface area contributed by atoms with E-state index in [4.69, 9.17) is 4.74 Å². The number of hydrogen-bond donors (Lipinski definition) is 2. The van der Waals surface area contributed by atoms with Crippen molar-refractivity contribution in [2.45, 2.75) is 19.0 Å². The number of nitrogens with one attached hydrogen (secondary N) is 2. The molecule has 0 atom stereocenters. The summed E-state index contributed by atoms with van der Waals surface area (Å²) in [5.74, 6) is 1.19. The molecule has 2 amide bonds. The van der Waals surface area contributed by atoms with Gasteiger partial charge in [0, 0.05) is 41.9 Å². The molecule has 0 unspecified atom stereocenters. The van der Waals surface area contributed by atoms with Crippen LogP contribution in [-0.2, 0) is 9.59 Å². The lowest BCUT2D eigenvalue weighted by atomic mass is 10.2. The summed E-state index contributed by atoms with van der Waals surface area (Å²) in [5, 5.41) is 14.8. The molecule has 35 heavy (non-hydrogen) atoms. The normalized spacial score (nSPS) is 10.6. The molecule has 0 bridgehead atoms. The lowest BCUT2D eigenvalue weighted by molar-refractivity contribution is -0.114. The lowest BCUT2D eigenvalue weighted by Crippen LogP contribution is -2.14. The summed E-state index contributed by atoms with van der Waals surface area (Å²) in [6.07, 6.45) is 3.42. The number of ether oxygens (including phenoxy) is 1. The number of hydrogen-bond acceptors (Lipinski definition) is 7. The highest BCUT2D eigenvalue weighted by atomic mass is 32.2. The molecule has 0 spiro atoms. The summed E-state index contributed by atoms with van der Waals surface area (Å²) in [5.41, 5.74) is 2.95. The minimum absolute atomic E-state index is 0.135. The Labute approximate surface area is 206 Å². The van der Waals surface area contributed by atoms with Crippen LogP contribution in [0.4, 0.5) is 11.4 Å². The third kappa shape index (κ3) is 6.24. The van der Waals surface area contributed by atoms with Gasteiger partial charge in [0.25, 0.3) is 0 Å². The van der Waals surface area contributed by atoms with Gasteiger partial charge in [-0.15, -0.1) is 10.2 Å². The van der Waals surface area contributed by atoms with Crippen molar-refractivity contribution in [1.82, 2.24) is 19.7 Å². The highest BCUT2D eigenvalue weighted by Gasteiger charge is 2.18. The van der Waals surface area contributed by atoms with E-state index in [0.717, 1.165) is 17.0 Å². The molecule has 10 heteroatoms. The fraction of sp³-hybridized carbons (Fsp3) is 0.160. The van der Waals surface area contributed by atoms with Crippen LogP contribution in [-0.4, -0.2) is 43.9 Å². The van der Waals surface area contributed by atoms with Gasteiger partial charge in [0.15, 0.2) is 11.0 Å². The maximum absolute atomic E-state index is 12.6. The predicted molar refractivity (Wildman–Crippen MR) is 136 cm³/mol. The topological polar surface area (TPSA) is 111 Å². The van der Waals surface area contributed by atoms with E-state index >= 15 is 0 Å². The van der Waals surface area contributed by atoms with Gasteiger partial charge in [-0.05, 0) is 67.6 Å². The van der Waals surface area contributed by atoms with Crippen molar-refractivity contribution in [3.05, 3.63) is 73.1 Å². The largest absolute Gasteiger partial charge is 0.494 e. The molecule has 0 aliphatic heterocycles. The van der Waals surface area contributed by atoms with Gasteiger partial charge >= 0.3 is 0 Å². The van der Waals surface area contributed by atoms with Gasteiger partial charge in [-0.1, -0.05) is 11.8 Å². The summed E-state index contributed by atoms with van der Waals surface area (Å²) in [4.78, 5) is 28.0. The van der Waals surface area contributed by atoms with E-state index in [9.17, 15) is 9.59 Å². The van der Waals surface area contributed by atoms with Crippen LogP contribution in [0, 0.1) is 0 Å². The van der Waals surface area contributed by atoms with E-state index in [2.05, 4.69) is 25.8 Å². The third-order valence-electron chi connectivity index (χ3n) is 4.78. The number of rotatable bonds is 9. The van der Waals surface area contributed by atoms with Crippen molar-refractivity contribution in [3.8, 4) is 22.8 Å². The summed E-state index contributed by atoms with van der Waals surface area (Å²) >= 11 is 1.28. The molecule has 0 radical (unpaired) electrons. The quantitative estimate of drug-likeness (QED) is 0.336. The van der Waals surface area contributed by atoms with Gasteiger partial charge in [-0.2, -0.15) is 0 Å². The first-order valence-corrected chi connectivity index (χ1v) is 11.9. The first kappa shape index (κ1) is 24.0. The van der Waals surface area contributed by atoms with E-state index < -0.39 is 0 Å². The number of thioether (sulfide) groups is 1. The SMILES string of the molecule is CCOc1ccc(-n2c(SCC(=O)Nc3ccc(NC(C)=O)cc3)nnc2-c2cccnc2)cc1. The molecule has 2 aromatic heterocycles. The van der Waals surface area contributed by atoms with E-state index in [1.165, 1.54) is 18.7 Å². The van der Waals surface area contributed by atoms with Gasteiger partial charge in [0.2, 0.25) is 11.8 Å². The molecular formula is C25H24N6O3S. The molecule has 2 N–H and O–H groups in total. The Morgan fingerprint density at radius 1 is 0.971 bits per heavy atom. The smallest absolute Gasteiger partial charge is 0.234 e.